The summed E-state index contributed by atoms with van der Waals surface area (Å²) in [6.45, 7) is 11.7. The number of ether oxygens (including phenoxy) is 1. The highest BCUT2D eigenvalue weighted by Crippen LogP contribution is 2.13. The minimum atomic E-state index is -0.770. The maximum Gasteiger partial charge on any atom is 0.191 e. The number of guanidine groups is 1. The van der Waals surface area contributed by atoms with E-state index in [1.165, 1.54) is 12.1 Å². The normalized spacial score (nSPS) is 19.9. The van der Waals surface area contributed by atoms with Crippen molar-refractivity contribution in [1.29, 1.82) is 0 Å². The van der Waals surface area contributed by atoms with Crippen molar-refractivity contribution in [2.24, 2.45) is 10.9 Å². The molecular weight excluding hydrogens is 347 g/mol. The number of hydrogen-bond acceptors (Lipinski definition) is 4. The summed E-state index contributed by atoms with van der Waals surface area (Å²) in [5.41, 5.74) is 0.649. The lowest BCUT2D eigenvalue weighted by Crippen LogP contribution is -2.50. The van der Waals surface area contributed by atoms with Gasteiger partial charge in [-0.2, -0.15) is 0 Å². The molecule has 0 saturated carbocycles. The Bertz CT molecular complexity index is 580. The van der Waals surface area contributed by atoms with Crippen LogP contribution in [0, 0.1) is 11.7 Å². The van der Waals surface area contributed by atoms with Crippen molar-refractivity contribution in [2.75, 3.05) is 45.9 Å². The van der Waals surface area contributed by atoms with Gasteiger partial charge in [0.25, 0.3) is 0 Å². The van der Waals surface area contributed by atoms with Crippen LogP contribution in [-0.2, 0) is 4.74 Å². The minimum absolute atomic E-state index is 0.114. The Morgan fingerprint density at radius 2 is 2.07 bits per heavy atom. The van der Waals surface area contributed by atoms with Gasteiger partial charge in [0, 0.05) is 32.7 Å². The van der Waals surface area contributed by atoms with E-state index in [2.05, 4.69) is 34.4 Å². The van der Waals surface area contributed by atoms with Gasteiger partial charge in [0.1, 0.15) is 5.82 Å². The fraction of sp³-hybridized carbons (Fsp3) is 0.650. The summed E-state index contributed by atoms with van der Waals surface area (Å²) in [5.74, 6) is 0.968. The second-order valence-electron chi connectivity index (χ2n) is 7.31. The zero-order valence-electron chi connectivity index (χ0n) is 16.6. The molecule has 1 aromatic rings. The number of nitrogens with zero attached hydrogens (tertiary/aromatic N) is 2. The molecule has 0 bridgehead atoms. The average molecular weight is 381 g/mol. The van der Waals surface area contributed by atoms with Crippen molar-refractivity contribution in [3.05, 3.63) is 35.6 Å². The lowest BCUT2D eigenvalue weighted by atomic mass is 10.1. The van der Waals surface area contributed by atoms with E-state index >= 15 is 0 Å². The Balaban J connectivity index is 1.84. The molecule has 1 aromatic carbocycles. The molecule has 1 heterocycles. The van der Waals surface area contributed by atoms with Crippen LogP contribution in [0.4, 0.5) is 4.39 Å². The monoisotopic (exact) mass is 380 g/mol. The summed E-state index contributed by atoms with van der Waals surface area (Å²) < 4.78 is 18.8. The van der Waals surface area contributed by atoms with Gasteiger partial charge in [0.15, 0.2) is 5.96 Å². The molecule has 7 heteroatoms. The van der Waals surface area contributed by atoms with Crippen LogP contribution in [0.25, 0.3) is 0 Å². The predicted octanol–water partition coefficient (Wildman–Crippen LogP) is 1.77. The number of morpholine rings is 1. The molecule has 1 saturated heterocycles. The lowest BCUT2D eigenvalue weighted by Gasteiger charge is -2.34. The van der Waals surface area contributed by atoms with Crippen molar-refractivity contribution in [3.63, 3.8) is 0 Å². The molecule has 2 atom stereocenters. The van der Waals surface area contributed by atoms with Crippen LogP contribution < -0.4 is 10.6 Å². The minimum Gasteiger partial charge on any atom is -0.386 e. The molecule has 0 radical (unpaired) electrons. The summed E-state index contributed by atoms with van der Waals surface area (Å²) in [5, 5.41) is 16.7. The number of hydrogen-bond donors (Lipinski definition) is 3. The zero-order valence-corrected chi connectivity index (χ0v) is 16.6. The highest BCUT2D eigenvalue weighted by Gasteiger charge is 2.21. The molecule has 27 heavy (non-hydrogen) atoms. The Morgan fingerprint density at radius 3 is 2.74 bits per heavy atom. The molecule has 2 rings (SSSR count). The molecule has 3 N–H and O–H groups in total. The van der Waals surface area contributed by atoms with Crippen LogP contribution in [0.5, 0.6) is 0 Å². The van der Waals surface area contributed by atoms with Crippen LogP contribution in [0.15, 0.2) is 29.3 Å². The molecular formula is C20H33FN4O2. The molecule has 2 unspecified atom stereocenters. The van der Waals surface area contributed by atoms with Gasteiger partial charge in [-0.15, -0.1) is 0 Å². The maximum absolute atomic E-state index is 13.0. The number of aliphatic imine (C=N–C) groups is 1. The van der Waals surface area contributed by atoms with Gasteiger partial charge in [-0.1, -0.05) is 26.0 Å². The summed E-state index contributed by atoms with van der Waals surface area (Å²) in [4.78, 5) is 6.88. The molecule has 0 amide bonds. The van der Waals surface area contributed by atoms with Crippen molar-refractivity contribution >= 4 is 5.96 Å². The van der Waals surface area contributed by atoms with Gasteiger partial charge in [-0.25, -0.2) is 4.39 Å². The van der Waals surface area contributed by atoms with Gasteiger partial charge in [-0.3, -0.25) is 9.89 Å². The molecule has 1 fully saturated rings. The molecule has 152 valence electrons. The number of benzene rings is 1. The second kappa shape index (κ2) is 11.2. The highest BCUT2D eigenvalue weighted by atomic mass is 19.1. The molecule has 0 aromatic heterocycles. The van der Waals surface area contributed by atoms with Crippen LogP contribution in [0.1, 0.15) is 32.4 Å². The van der Waals surface area contributed by atoms with Crippen LogP contribution in [0.3, 0.4) is 0 Å². The molecule has 6 nitrogen and oxygen atoms in total. The number of aliphatic hydroxyl groups excluding tert-OH is 1. The van der Waals surface area contributed by atoms with Gasteiger partial charge in [-0.05, 0) is 30.5 Å². The fourth-order valence-electron chi connectivity index (χ4n) is 3.11. The van der Waals surface area contributed by atoms with E-state index in [-0.39, 0.29) is 18.5 Å². The van der Waals surface area contributed by atoms with Gasteiger partial charge in [0.2, 0.25) is 0 Å². The van der Waals surface area contributed by atoms with Crippen LogP contribution in [-0.4, -0.2) is 67.9 Å². The maximum atomic E-state index is 13.0. The lowest BCUT2D eigenvalue weighted by molar-refractivity contribution is -0.0284. The number of halogens is 1. The third-order valence-electron chi connectivity index (χ3n) is 4.36. The Morgan fingerprint density at radius 1 is 1.33 bits per heavy atom. The highest BCUT2D eigenvalue weighted by molar-refractivity contribution is 5.79. The largest absolute Gasteiger partial charge is 0.386 e. The standard InChI is InChI=1S/C20H33FN4O2/c1-4-22-20(24-12-19(26)16-5-7-17(21)8-6-16)23-11-18-14-25(9-10-27-18)13-15(2)3/h5-8,15,18-19,26H,4,9-14H2,1-3H3,(H2,22,23,24). The summed E-state index contributed by atoms with van der Waals surface area (Å²) in [6.07, 6.45) is -0.656. The quantitative estimate of drug-likeness (QED) is 0.474. The first-order chi connectivity index (χ1) is 13.0. The van der Waals surface area contributed by atoms with E-state index in [1.54, 1.807) is 12.1 Å². The molecule has 1 aliphatic rings. The van der Waals surface area contributed by atoms with E-state index < -0.39 is 6.10 Å². The van der Waals surface area contributed by atoms with Crippen molar-refractivity contribution in [2.45, 2.75) is 33.0 Å². The molecule has 0 aliphatic carbocycles. The van der Waals surface area contributed by atoms with E-state index in [0.29, 0.717) is 24.0 Å². The molecule has 1 aliphatic heterocycles. The first-order valence-corrected chi connectivity index (χ1v) is 9.77. The van der Waals surface area contributed by atoms with E-state index in [4.69, 9.17) is 4.74 Å². The average Bonchev–Trinajstić information content (AvgIpc) is 2.64. The topological polar surface area (TPSA) is 69.1 Å². The fourth-order valence-corrected chi connectivity index (χ4v) is 3.11. The van der Waals surface area contributed by atoms with E-state index in [0.717, 1.165) is 32.8 Å². The summed E-state index contributed by atoms with van der Waals surface area (Å²) in [6, 6.07) is 5.84. The van der Waals surface area contributed by atoms with Gasteiger partial charge < -0.3 is 20.5 Å². The van der Waals surface area contributed by atoms with Crippen molar-refractivity contribution < 1.29 is 14.2 Å². The van der Waals surface area contributed by atoms with Gasteiger partial charge >= 0.3 is 0 Å². The van der Waals surface area contributed by atoms with Crippen molar-refractivity contribution in [1.82, 2.24) is 15.5 Å². The van der Waals surface area contributed by atoms with Gasteiger partial charge in [0.05, 0.1) is 25.4 Å². The van der Waals surface area contributed by atoms with E-state index in [1.807, 2.05) is 6.92 Å². The first kappa shape index (κ1) is 21.6. The smallest absolute Gasteiger partial charge is 0.191 e. The Labute approximate surface area is 161 Å². The SMILES string of the molecule is CCNC(=NCC(O)c1ccc(F)cc1)NCC1CN(CC(C)C)CCO1. The molecule has 0 spiro atoms. The third-order valence-corrected chi connectivity index (χ3v) is 4.36. The number of rotatable bonds is 8. The van der Waals surface area contributed by atoms with Crippen LogP contribution >= 0.6 is 0 Å². The van der Waals surface area contributed by atoms with E-state index in [9.17, 15) is 9.50 Å². The van der Waals surface area contributed by atoms with Crippen LogP contribution in [0.2, 0.25) is 0 Å². The second-order valence-corrected chi connectivity index (χ2v) is 7.31. The number of aliphatic hydroxyl groups is 1. The predicted molar refractivity (Wildman–Crippen MR) is 106 cm³/mol. The Kier molecular flexibility index (Phi) is 8.97. The zero-order chi connectivity index (χ0) is 19.6. The summed E-state index contributed by atoms with van der Waals surface area (Å²) in [7, 11) is 0. The number of nitrogens with one attached hydrogen (secondary N) is 2. The first-order valence-electron chi connectivity index (χ1n) is 9.77. The van der Waals surface area contributed by atoms with Crippen molar-refractivity contribution in [3.8, 4) is 0 Å². The summed E-state index contributed by atoms with van der Waals surface area (Å²) >= 11 is 0. The third kappa shape index (κ3) is 7.82. The Hall–Kier alpha value is -1.70.